The molecule has 0 fully saturated rings. The maximum absolute atomic E-state index is 14.5. The molecule has 0 amide bonds. The predicted molar refractivity (Wildman–Crippen MR) is 137 cm³/mol. The first-order chi connectivity index (χ1) is 17.9. The van der Waals surface area contributed by atoms with Crippen LogP contribution in [0, 0.1) is 17.7 Å². The van der Waals surface area contributed by atoms with Crippen LogP contribution in [0.4, 0.5) is 4.39 Å². The molecule has 3 aromatic rings. The number of carbonyl (C=O) groups excluding carboxylic acids is 2. The first-order valence-electron chi connectivity index (χ1n) is 12.0. The van der Waals surface area contributed by atoms with Crippen molar-refractivity contribution in [2.24, 2.45) is 0 Å². The number of benzene rings is 3. The van der Waals surface area contributed by atoms with Crippen LogP contribution in [0.3, 0.4) is 0 Å². The van der Waals surface area contributed by atoms with Crippen molar-refractivity contribution in [3.8, 4) is 29.1 Å². The summed E-state index contributed by atoms with van der Waals surface area (Å²) in [4.78, 5) is 23.2. The second-order valence-electron chi connectivity index (χ2n) is 8.14. The standard InChI is InChI=1S/C30H29FO6/c1-22(32)35-19-5-3-4-6-20-36-27-16-12-25(13-17-27)30(33)37-29-18-11-24(21-28(29)31)8-7-23-9-14-26(34-2)15-10-23/h9-18,21H,3-6,19-20H2,1-2H3. The minimum absolute atomic E-state index is 0.172. The fourth-order valence-electron chi connectivity index (χ4n) is 3.29. The van der Waals surface area contributed by atoms with E-state index in [4.69, 9.17) is 18.9 Å². The lowest BCUT2D eigenvalue weighted by Crippen LogP contribution is -2.09. The molecule has 3 aromatic carbocycles. The Hall–Kier alpha value is -4.31. The summed E-state index contributed by atoms with van der Waals surface area (Å²) in [5.74, 6) is 5.42. The normalized spacial score (nSPS) is 10.1. The van der Waals surface area contributed by atoms with Gasteiger partial charge in [0.05, 0.1) is 25.9 Å². The van der Waals surface area contributed by atoms with Crippen LogP contribution in [0.25, 0.3) is 0 Å². The lowest BCUT2D eigenvalue weighted by atomic mass is 10.1. The Morgan fingerprint density at radius 1 is 0.784 bits per heavy atom. The van der Waals surface area contributed by atoms with Crippen molar-refractivity contribution < 1.29 is 32.9 Å². The maximum atomic E-state index is 14.5. The zero-order chi connectivity index (χ0) is 26.5. The minimum atomic E-state index is -0.678. The van der Waals surface area contributed by atoms with Crippen LogP contribution in [0.5, 0.6) is 17.2 Å². The van der Waals surface area contributed by atoms with E-state index in [0.29, 0.717) is 24.5 Å². The molecular formula is C30H29FO6. The summed E-state index contributed by atoms with van der Waals surface area (Å²) in [6, 6.07) is 17.9. The van der Waals surface area contributed by atoms with E-state index in [2.05, 4.69) is 11.8 Å². The Kier molecular flexibility index (Phi) is 10.5. The van der Waals surface area contributed by atoms with Crippen molar-refractivity contribution in [1.82, 2.24) is 0 Å². The molecule has 0 aliphatic rings. The lowest BCUT2D eigenvalue weighted by molar-refractivity contribution is -0.141. The highest BCUT2D eigenvalue weighted by Crippen LogP contribution is 2.21. The van der Waals surface area contributed by atoms with Crippen LogP contribution in [-0.2, 0) is 9.53 Å². The molecule has 0 aliphatic carbocycles. The van der Waals surface area contributed by atoms with Gasteiger partial charge >= 0.3 is 11.9 Å². The maximum Gasteiger partial charge on any atom is 0.343 e. The molecule has 0 heterocycles. The summed E-state index contributed by atoms with van der Waals surface area (Å²) >= 11 is 0. The molecule has 0 radical (unpaired) electrons. The van der Waals surface area contributed by atoms with E-state index in [0.717, 1.165) is 37.0 Å². The molecular weight excluding hydrogens is 475 g/mol. The van der Waals surface area contributed by atoms with Crippen LogP contribution in [0.1, 0.15) is 54.1 Å². The van der Waals surface area contributed by atoms with Gasteiger partial charge in [-0.15, -0.1) is 0 Å². The number of halogens is 1. The average Bonchev–Trinajstić information content (AvgIpc) is 2.90. The van der Waals surface area contributed by atoms with Gasteiger partial charge in [0, 0.05) is 18.1 Å². The third-order valence-electron chi connectivity index (χ3n) is 5.28. The van der Waals surface area contributed by atoms with Gasteiger partial charge in [0.15, 0.2) is 11.6 Å². The third kappa shape index (κ3) is 9.34. The largest absolute Gasteiger partial charge is 0.497 e. The van der Waals surface area contributed by atoms with Gasteiger partial charge in [0.1, 0.15) is 11.5 Å². The summed E-state index contributed by atoms with van der Waals surface area (Å²) < 4.78 is 35.4. The Balaban J connectivity index is 1.45. The first kappa shape index (κ1) is 27.3. The van der Waals surface area contributed by atoms with Crippen molar-refractivity contribution in [1.29, 1.82) is 0 Å². The summed E-state index contributed by atoms with van der Waals surface area (Å²) in [5, 5.41) is 0. The third-order valence-corrected chi connectivity index (χ3v) is 5.28. The van der Waals surface area contributed by atoms with Gasteiger partial charge in [0.2, 0.25) is 0 Å². The predicted octanol–water partition coefficient (Wildman–Crippen LogP) is 5.96. The minimum Gasteiger partial charge on any atom is -0.497 e. The molecule has 7 heteroatoms. The van der Waals surface area contributed by atoms with Crippen molar-refractivity contribution in [2.75, 3.05) is 20.3 Å². The SMILES string of the molecule is COc1ccc(C#Cc2ccc(OC(=O)c3ccc(OCCCCCCOC(C)=O)cc3)c(F)c2)cc1. The molecule has 0 unspecified atom stereocenters. The molecule has 0 saturated heterocycles. The van der Waals surface area contributed by atoms with Crippen LogP contribution in [0.15, 0.2) is 66.7 Å². The van der Waals surface area contributed by atoms with Crippen LogP contribution in [0.2, 0.25) is 0 Å². The summed E-state index contributed by atoms with van der Waals surface area (Å²) in [5.41, 5.74) is 1.50. The van der Waals surface area contributed by atoms with Crippen LogP contribution in [-0.4, -0.2) is 32.3 Å². The summed E-state index contributed by atoms with van der Waals surface area (Å²) in [6.07, 6.45) is 3.61. The van der Waals surface area contributed by atoms with Gasteiger partial charge in [-0.2, -0.15) is 0 Å². The summed E-state index contributed by atoms with van der Waals surface area (Å²) in [7, 11) is 1.59. The van der Waals surface area contributed by atoms with Crippen LogP contribution < -0.4 is 14.2 Å². The van der Waals surface area contributed by atoms with Crippen molar-refractivity contribution in [3.05, 3.63) is 89.2 Å². The van der Waals surface area contributed by atoms with Gasteiger partial charge in [-0.05, 0) is 92.4 Å². The Bertz CT molecular complexity index is 1240. The zero-order valence-electron chi connectivity index (χ0n) is 20.9. The zero-order valence-corrected chi connectivity index (χ0v) is 20.9. The number of esters is 2. The Morgan fingerprint density at radius 2 is 1.41 bits per heavy atom. The molecule has 0 atom stereocenters. The molecule has 0 aliphatic heterocycles. The molecule has 0 bridgehead atoms. The molecule has 0 spiro atoms. The molecule has 0 N–H and O–H groups in total. The van der Waals surface area contributed by atoms with Gasteiger partial charge in [-0.1, -0.05) is 11.8 Å². The highest BCUT2D eigenvalue weighted by molar-refractivity contribution is 5.91. The van der Waals surface area contributed by atoms with E-state index in [-0.39, 0.29) is 17.3 Å². The van der Waals surface area contributed by atoms with E-state index in [9.17, 15) is 14.0 Å². The van der Waals surface area contributed by atoms with Gasteiger partial charge in [-0.25, -0.2) is 9.18 Å². The fourth-order valence-corrected chi connectivity index (χ4v) is 3.29. The molecule has 0 saturated carbocycles. The Morgan fingerprint density at radius 3 is 2.05 bits per heavy atom. The topological polar surface area (TPSA) is 71.1 Å². The highest BCUT2D eigenvalue weighted by Gasteiger charge is 2.12. The van der Waals surface area contributed by atoms with Gasteiger partial charge < -0.3 is 18.9 Å². The fraction of sp³-hybridized carbons (Fsp3) is 0.267. The van der Waals surface area contributed by atoms with Gasteiger partial charge in [-0.3, -0.25) is 4.79 Å². The van der Waals surface area contributed by atoms with E-state index in [1.165, 1.54) is 19.1 Å². The smallest absolute Gasteiger partial charge is 0.343 e. The quantitative estimate of drug-likeness (QED) is 0.139. The van der Waals surface area contributed by atoms with Crippen molar-refractivity contribution in [3.63, 3.8) is 0 Å². The van der Waals surface area contributed by atoms with Crippen LogP contribution >= 0.6 is 0 Å². The number of ether oxygens (including phenoxy) is 4. The van der Waals surface area contributed by atoms with Gasteiger partial charge in [0.25, 0.3) is 0 Å². The average molecular weight is 505 g/mol. The Labute approximate surface area is 216 Å². The number of unbranched alkanes of at least 4 members (excludes halogenated alkanes) is 3. The second-order valence-corrected chi connectivity index (χ2v) is 8.14. The second kappa shape index (κ2) is 14.3. The highest BCUT2D eigenvalue weighted by atomic mass is 19.1. The van der Waals surface area contributed by atoms with E-state index < -0.39 is 11.8 Å². The molecule has 3 rings (SSSR count). The molecule has 37 heavy (non-hydrogen) atoms. The van der Waals surface area contributed by atoms with Crippen molar-refractivity contribution >= 4 is 11.9 Å². The lowest BCUT2D eigenvalue weighted by Gasteiger charge is -2.08. The molecule has 0 aromatic heterocycles. The number of methoxy groups -OCH3 is 1. The first-order valence-corrected chi connectivity index (χ1v) is 12.0. The van der Waals surface area contributed by atoms with E-state index in [1.54, 1.807) is 49.6 Å². The van der Waals surface area contributed by atoms with E-state index in [1.807, 2.05) is 12.1 Å². The molecule has 6 nitrogen and oxygen atoms in total. The molecule has 192 valence electrons. The summed E-state index contributed by atoms with van der Waals surface area (Å²) in [6.45, 7) is 2.38. The monoisotopic (exact) mass is 504 g/mol. The number of rotatable bonds is 11. The number of hydrogen-bond acceptors (Lipinski definition) is 6. The number of carbonyl (C=O) groups is 2. The van der Waals surface area contributed by atoms with E-state index >= 15 is 0 Å². The van der Waals surface area contributed by atoms with Crippen molar-refractivity contribution in [2.45, 2.75) is 32.6 Å². The number of hydrogen-bond donors (Lipinski definition) is 0.